The summed E-state index contributed by atoms with van der Waals surface area (Å²) in [7, 11) is 0. The van der Waals surface area contributed by atoms with Gasteiger partial charge in [0, 0.05) is 17.0 Å². The first kappa shape index (κ1) is 19.9. The summed E-state index contributed by atoms with van der Waals surface area (Å²) in [4.78, 5) is 40.7. The molecule has 3 N–H and O–H groups in total. The van der Waals surface area contributed by atoms with Crippen molar-refractivity contribution in [2.24, 2.45) is 0 Å². The monoisotopic (exact) mass is 394 g/mol. The largest absolute Gasteiger partial charge is 0.346 e. The summed E-state index contributed by atoms with van der Waals surface area (Å²) in [6, 6.07) is 14.1. The number of hydrogen-bond donors (Lipinski definition) is 3. The van der Waals surface area contributed by atoms with E-state index in [1.54, 1.807) is 56.3 Å². The fourth-order valence-corrected chi connectivity index (χ4v) is 2.70. The molecule has 3 amide bonds. The predicted molar refractivity (Wildman–Crippen MR) is 106 cm³/mol. The Hall–Kier alpha value is -3.81. The molecular weight excluding hydrogens is 375 g/mol. The second kappa shape index (κ2) is 8.47. The molecule has 0 bridgehead atoms. The normalized spacial score (nSPS) is 10.6. The van der Waals surface area contributed by atoms with Crippen LogP contribution >= 0.6 is 0 Å². The van der Waals surface area contributed by atoms with Crippen LogP contribution in [0.3, 0.4) is 0 Å². The molecule has 1 heterocycles. The van der Waals surface area contributed by atoms with Crippen LogP contribution in [0, 0.1) is 5.82 Å². The molecule has 0 aliphatic rings. The minimum atomic E-state index is -0.982. The van der Waals surface area contributed by atoms with Crippen LogP contribution in [-0.2, 0) is 9.59 Å². The van der Waals surface area contributed by atoms with Crippen molar-refractivity contribution in [2.45, 2.75) is 19.9 Å². The molecular formula is C21H19FN4O3. The second-order valence-electron chi connectivity index (χ2n) is 6.62. The van der Waals surface area contributed by atoms with Gasteiger partial charge >= 0.3 is 11.8 Å². The standard InChI is InChI=1S/C21H19FN4O3/c1-12(2)23-20(28)21(29)26-25-19(27)16-11-18(13-7-9-14(22)10-8-13)24-17-6-4-3-5-15(16)17/h3-12H,1-2H3,(H,23,28)(H,25,27)(H,26,29). The number of rotatable bonds is 3. The van der Waals surface area contributed by atoms with E-state index in [9.17, 15) is 18.8 Å². The number of carbonyl (C=O) groups is 3. The number of hydrazine groups is 1. The van der Waals surface area contributed by atoms with Gasteiger partial charge in [-0.15, -0.1) is 0 Å². The Balaban J connectivity index is 1.89. The van der Waals surface area contributed by atoms with Gasteiger partial charge in [0.1, 0.15) is 5.82 Å². The summed E-state index contributed by atoms with van der Waals surface area (Å²) in [6.07, 6.45) is 0. The number of hydrogen-bond acceptors (Lipinski definition) is 4. The maximum atomic E-state index is 13.2. The molecule has 3 rings (SSSR count). The van der Waals surface area contributed by atoms with E-state index in [-0.39, 0.29) is 17.4 Å². The minimum absolute atomic E-state index is 0.216. The Bertz CT molecular complexity index is 1080. The number of amides is 3. The molecule has 0 fully saturated rings. The molecule has 148 valence electrons. The van der Waals surface area contributed by atoms with Crippen molar-refractivity contribution >= 4 is 28.6 Å². The SMILES string of the molecule is CC(C)NC(=O)C(=O)NNC(=O)c1cc(-c2ccc(F)cc2)nc2ccccc12. The highest BCUT2D eigenvalue weighted by Crippen LogP contribution is 2.25. The third-order valence-electron chi connectivity index (χ3n) is 4.02. The third-order valence-corrected chi connectivity index (χ3v) is 4.02. The van der Waals surface area contributed by atoms with Crippen LogP contribution in [0.4, 0.5) is 4.39 Å². The number of nitrogens with one attached hydrogen (secondary N) is 3. The molecule has 0 aliphatic carbocycles. The molecule has 0 radical (unpaired) electrons. The summed E-state index contributed by atoms with van der Waals surface area (Å²) in [6.45, 7) is 3.42. The smallest absolute Gasteiger partial charge is 0.327 e. The molecule has 0 saturated carbocycles. The molecule has 3 aromatic rings. The van der Waals surface area contributed by atoms with Gasteiger partial charge in [-0.3, -0.25) is 25.2 Å². The average Bonchev–Trinajstić information content (AvgIpc) is 2.71. The van der Waals surface area contributed by atoms with E-state index in [2.05, 4.69) is 21.2 Å². The van der Waals surface area contributed by atoms with Crippen molar-refractivity contribution in [2.75, 3.05) is 0 Å². The van der Waals surface area contributed by atoms with Crippen LogP contribution in [0.15, 0.2) is 54.6 Å². The van der Waals surface area contributed by atoms with Gasteiger partial charge in [-0.2, -0.15) is 0 Å². The molecule has 8 heteroatoms. The highest BCUT2D eigenvalue weighted by molar-refractivity contribution is 6.35. The Kier molecular flexibility index (Phi) is 5.82. The molecule has 2 aromatic carbocycles. The molecule has 29 heavy (non-hydrogen) atoms. The number of benzene rings is 2. The van der Waals surface area contributed by atoms with Crippen LogP contribution < -0.4 is 16.2 Å². The first-order valence-electron chi connectivity index (χ1n) is 8.92. The first-order chi connectivity index (χ1) is 13.8. The van der Waals surface area contributed by atoms with E-state index in [0.717, 1.165) is 0 Å². The predicted octanol–water partition coefficient (Wildman–Crippen LogP) is 2.33. The fourth-order valence-electron chi connectivity index (χ4n) is 2.70. The number of pyridine rings is 1. The highest BCUT2D eigenvalue weighted by atomic mass is 19.1. The summed E-state index contributed by atoms with van der Waals surface area (Å²) >= 11 is 0. The van der Waals surface area contributed by atoms with Crippen molar-refractivity contribution in [3.8, 4) is 11.3 Å². The van der Waals surface area contributed by atoms with Crippen LogP contribution in [-0.4, -0.2) is 28.7 Å². The van der Waals surface area contributed by atoms with E-state index in [1.165, 1.54) is 12.1 Å². The Morgan fingerprint density at radius 2 is 1.62 bits per heavy atom. The summed E-state index contributed by atoms with van der Waals surface area (Å²) < 4.78 is 13.2. The topological polar surface area (TPSA) is 100 Å². The van der Waals surface area contributed by atoms with Gasteiger partial charge in [-0.25, -0.2) is 9.37 Å². The summed E-state index contributed by atoms with van der Waals surface area (Å²) in [5.41, 5.74) is 6.25. The van der Waals surface area contributed by atoms with E-state index >= 15 is 0 Å². The molecule has 7 nitrogen and oxygen atoms in total. The van der Waals surface area contributed by atoms with Crippen molar-refractivity contribution in [3.63, 3.8) is 0 Å². The van der Waals surface area contributed by atoms with Crippen LogP contribution in [0.5, 0.6) is 0 Å². The number of fused-ring (bicyclic) bond motifs is 1. The summed E-state index contributed by atoms with van der Waals surface area (Å²) in [5, 5.41) is 2.99. The van der Waals surface area contributed by atoms with Crippen LogP contribution in [0.2, 0.25) is 0 Å². The van der Waals surface area contributed by atoms with Gasteiger partial charge in [-0.1, -0.05) is 18.2 Å². The zero-order chi connectivity index (χ0) is 21.0. The average molecular weight is 394 g/mol. The van der Waals surface area contributed by atoms with Gasteiger partial charge in [-0.05, 0) is 50.2 Å². The molecule has 0 atom stereocenters. The van der Waals surface area contributed by atoms with Crippen LogP contribution in [0.25, 0.3) is 22.2 Å². The number of aromatic nitrogens is 1. The van der Waals surface area contributed by atoms with Gasteiger partial charge in [0.05, 0.1) is 16.8 Å². The quantitative estimate of drug-likeness (QED) is 0.469. The zero-order valence-corrected chi connectivity index (χ0v) is 15.8. The number of halogens is 1. The van der Waals surface area contributed by atoms with Gasteiger partial charge in [0.25, 0.3) is 5.91 Å². The fraction of sp³-hybridized carbons (Fsp3) is 0.143. The van der Waals surface area contributed by atoms with Crippen molar-refractivity contribution < 1.29 is 18.8 Å². The van der Waals surface area contributed by atoms with Gasteiger partial charge in [0.15, 0.2) is 0 Å². The number of nitrogens with zero attached hydrogens (tertiary/aromatic N) is 1. The minimum Gasteiger partial charge on any atom is -0.346 e. The lowest BCUT2D eigenvalue weighted by molar-refractivity contribution is -0.139. The Morgan fingerprint density at radius 3 is 2.31 bits per heavy atom. The van der Waals surface area contributed by atoms with Crippen molar-refractivity contribution in [1.29, 1.82) is 0 Å². The summed E-state index contributed by atoms with van der Waals surface area (Å²) in [5.74, 6) is -2.83. The third kappa shape index (κ3) is 4.73. The molecule has 0 spiro atoms. The lowest BCUT2D eigenvalue weighted by Crippen LogP contribution is -2.49. The zero-order valence-electron chi connectivity index (χ0n) is 15.8. The maximum Gasteiger partial charge on any atom is 0.327 e. The Morgan fingerprint density at radius 1 is 0.931 bits per heavy atom. The Labute approximate surface area is 166 Å². The van der Waals surface area contributed by atoms with Crippen molar-refractivity contribution in [1.82, 2.24) is 21.2 Å². The van der Waals surface area contributed by atoms with Crippen molar-refractivity contribution in [3.05, 3.63) is 66.0 Å². The molecule has 1 aromatic heterocycles. The highest BCUT2D eigenvalue weighted by Gasteiger charge is 2.18. The van der Waals surface area contributed by atoms with Gasteiger partial charge in [0.2, 0.25) is 0 Å². The van der Waals surface area contributed by atoms with E-state index in [4.69, 9.17) is 0 Å². The number of carbonyl (C=O) groups excluding carboxylic acids is 3. The molecule has 0 unspecified atom stereocenters. The lowest BCUT2D eigenvalue weighted by atomic mass is 10.0. The van der Waals surface area contributed by atoms with Gasteiger partial charge < -0.3 is 5.32 Å². The number of para-hydroxylation sites is 1. The molecule has 0 aliphatic heterocycles. The van der Waals surface area contributed by atoms with E-state index < -0.39 is 17.7 Å². The lowest BCUT2D eigenvalue weighted by Gasteiger charge is -2.12. The maximum absolute atomic E-state index is 13.2. The first-order valence-corrected chi connectivity index (χ1v) is 8.92. The van der Waals surface area contributed by atoms with Crippen LogP contribution in [0.1, 0.15) is 24.2 Å². The van der Waals surface area contributed by atoms with E-state index in [1.807, 2.05) is 0 Å². The second-order valence-corrected chi connectivity index (χ2v) is 6.62. The molecule has 0 saturated heterocycles. The van der Waals surface area contributed by atoms with E-state index in [0.29, 0.717) is 22.2 Å².